The van der Waals surface area contributed by atoms with Gasteiger partial charge in [0.15, 0.2) is 0 Å². The SMILES string of the molecule is CNCc1ccoc1CN(C)c1ccc(F)cc1. The molecule has 0 fully saturated rings. The van der Waals surface area contributed by atoms with Gasteiger partial charge in [-0.05, 0) is 37.4 Å². The average molecular weight is 248 g/mol. The van der Waals surface area contributed by atoms with E-state index in [2.05, 4.69) is 5.32 Å². The van der Waals surface area contributed by atoms with Crippen molar-refractivity contribution in [3.63, 3.8) is 0 Å². The van der Waals surface area contributed by atoms with Crippen molar-refractivity contribution in [1.82, 2.24) is 5.32 Å². The molecule has 1 aromatic heterocycles. The van der Waals surface area contributed by atoms with Crippen molar-refractivity contribution in [2.45, 2.75) is 13.1 Å². The van der Waals surface area contributed by atoms with E-state index in [-0.39, 0.29) is 5.82 Å². The highest BCUT2D eigenvalue weighted by molar-refractivity contribution is 5.45. The van der Waals surface area contributed by atoms with E-state index in [1.54, 1.807) is 18.4 Å². The Balaban J connectivity index is 2.08. The minimum absolute atomic E-state index is 0.221. The summed E-state index contributed by atoms with van der Waals surface area (Å²) in [7, 11) is 3.86. The molecule has 0 saturated carbocycles. The molecule has 0 aliphatic carbocycles. The summed E-state index contributed by atoms with van der Waals surface area (Å²) in [5.74, 6) is 0.706. The van der Waals surface area contributed by atoms with Gasteiger partial charge in [0.1, 0.15) is 11.6 Å². The van der Waals surface area contributed by atoms with Gasteiger partial charge in [-0.25, -0.2) is 4.39 Å². The Morgan fingerprint density at radius 3 is 2.61 bits per heavy atom. The summed E-state index contributed by atoms with van der Waals surface area (Å²) in [6.07, 6.45) is 1.69. The fourth-order valence-corrected chi connectivity index (χ4v) is 1.86. The van der Waals surface area contributed by atoms with Crippen molar-refractivity contribution >= 4 is 5.69 Å². The number of rotatable bonds is 5. The highest BCUT2D eigenvalue weighted by Gasteiger charge is 2.09. The lowest BCUT2D eigenvalue weighted by molar-refractivity contribution is 0.501. The Morgan fingerprint density at radius 1 is 1.22 bits per heavy atom. The molecule has 0 atom stereocenters. The standard InChI is InChI=1S/C14H17FN2O/c1-16-9-11-7-8-18-14(11)10-17(2)13-5-3-12(15)4-6-13/h3-8,16H,9-10H2,1-2H3. The minimum Gasteiger partial charge on any atom is -0.467 e. The van der Waals surface area contributed by atoms with Gasteiger partial charge in [0.25, 0.3) is 0 Å². The van der Waals surface area contributed by atoms with Crippen molar-refractivity contribution in [2.24, 2.45) is 0 Å². The summed E-state index contributed by atoms with van der Waals surface area (Å²) in [6.45, 7) is 1.44. The summed E-state index contributed by atoms with van der Waals surface area (Å²) >= 11 is 0. The lowest BCUT2D eigenvalue weighted by Gasteiger charge is -2.18. The van der Waals surface area contributed by atoms with Gasteiger partial charge in [-0.2, -0.15) is 0 Å². The zero-order valence-corrected chi connectivity index (χ0v) is 10.6. The van der Waals surface area contributed by atoms with Crippen LogP contribution in [0.2, 0.25) is 0 Å². The fourth-order valence-electron chi connectivity index (χ4n) is 1.86. The summed E-state index contributed by atoms with van der Waals surface area (Å²) in [5.41, 5.74) is 2.11. The number of nitrogens with zero attached hydrogens (tertiary/aromatic N) is 1. The molecule has 2 rings (SSSR count). The van der Waals surface area contributed by atoms with Crippen LogP contribution in [0, 0.1) is 5.82 Å². The van der Waals surface area contributed by atoms with E-state index in [0.29, 0.717) is 6.54 Å². The molecule has 96 valence electrons. The first kappa shape index (κ1) is 12.6. The van der Waals surface area contributed by atoms with Crippen LogP contribution in [0.4, 0.5) is 10.1 Å². The molecule has 0 aliphatic rings. The van der Waals surface area contributed by atoms with Crippen LogP contribution in [0.15, 0.2) is 41.0 Å². The van der Waals surface area contributed by atoms with Crippen LogP contribution in [0.1, 0.15) is 11.3 Å². The zero-order valence-electron chi connectivity index (χ0n) is 10.6. The van der Waals surface area contributed by atoms with E-state index in [9.17, 15) is 4.39 Å². The molecule has 0 saturated heterocycles. The number of benzene rings is 1. The topological polar surface area (TPSA) is 28.4 Å². The third kappa shape index (κ3) is 2.90. The van der Waals surface area contributed by atoms with Gasteiger partial charge in [-0.3, -0.25) is 0 Å². The number of furan rings is 1. The van der Waals surface area contributed by atoms with E-state index in [4.69, 9.17) is 4.42 Å². The van der Waals surface area contributed by atoms with Gasteiger partial charge in [0.2, 0.25) is 0 Å². The molecule has 1 aromatic carbocycles. The van der Waals surface area contributed by atoms with Crippen LogP contribution in [0.25, 0.3) is 0 Å². The van der Waals surface area contributed by atoms with Gasteiger partial charge < -0.3 is 14.6 Å². The third-order valence-corrected chi connectivity index (χ3v) is 2.85. The minimum atomic E-state index is -0.221. The van der Waals surface area contributed by atoms with Crippen molar-refractivity contribution in [3.8, 4) is 0 Å². The van der Waals surface area contributed by atoms with E-state index in [0.717, 1.165) is 23.6 Å². The van der Waals surface area contributed by atoms with Crippen LogP contribution in [-0.2, 0) is 13.1 Å². The molecule has 0 spiro atoms. The first-order valence-electron chi connectivity index (χ1n) is 5.87. The maximum Gasteiger partial charge on any atom is 0.127 e. The molecule has 0 bridgehead atoms. The molecular formula is C14H17FN2O. The molecule has 4 heteroatoms. The highest BCUT2D eigenvalue weighted by atomic mass is 19.1. The second kappa shape index (κ2) is 5.69. The second-order valence-corrected chi connectivity index (χ2v) is 4.23. The molecule has 0 radical (unpaired) electrons. The van der Waals surface area contributed by atoms with Crippen LogP contribution < -0.4 is 10.2 Å². The predicted octanol–water partition coefficient (Wildman–Crippen LogP) is 2.77. The molecule has 0 unspecified atom stereocenters. The number of halogens is 1. The van der Waals surface area contributed by atoms with Gasteiger partial charge >= 0.3 is 0 Å². The zero-order chi connectivity index (χ0) is 13.0. The van der Waals surface area contributed by atoms with Crippen LogP contribution in [-0.4, -0.2) is 14.1 Å². The number of hydrogen-bond acceptors (Lipinski definition) is 3. The van der Waals surface area contributed by atoms with Crippen molar-refractivity contribution in [2.75, 3.05) is 19.0 Å². The fraction of sp³-hybridized carbons (Fsp3) is 0.286. The molecule has 1 heterocycles. The number of anilines is 1. The van der Waals surface area contributed by atoms with E-state index >= 15 is 0 Å². The number of hydrogen-bond donors (Lipinski definition) is 1. The Labute approximate surface area is 106 Å². The predicted molar refractivity (Wildman–Crippen MR) is 70.0 cm³/mol. The normalized spacial score (nSPS) is 10.6. The molecule has 1 N–H and O–H groups in total. The Bertz CT molecular complexity index is 493. The smallest absolute Gasteiger partial charge is 0.127 e. The van der Waals surface area contributed by atoms with Crippen LogP contribution in [0.5, 0.6) is 0 Å². The molecule has 2 aromatic rings. The monoisotopic (exact) mass is 248 g/mol. The summed E-state index contributed by atoms with van der Waals surface area (Å²) in [4.78, 5) is 2.03. The first-order valence-corrected chi connectivity index (χ1v) is 5.87. The Kier molecular flexibility index (Phi) is 3.99. The molecular weight excluding hydrogens is 231 g/mol. The second-order valence-electron chi connectivity index (χ2n) is 4.23. The van der Waals surface area contributed by atoms with Gasteiger partial charge in [0, 0.05) is 24.8 Å². The van der Waals surface area contributed by atoms with E-state index < -0.39 is 0 Å². The molecule has 0 amide bonds. The average Bonchev–Trinajstić information content (AvgIpc) is 2.78. The quantitative estimate of drug-likeness (QED) is 0.882. The number of nitrogens with one attached hydrogen (secondary N) is 1. The largest absolute Gasteiger partial charge is 0.467 e. The van der Waals surface area contributed by atoms with Crippen molar-refractivity contribution in [1.29, 1.82) is 0 Å². The maximum atomic E-state index is 12.8. The summed E-state index contributed by atoms with van der Waals surface area (Å²) in [5, 5.41) is 3.10. The van der Waals surface area contributed by atoms with Crippen LogP contribution >= 0.6 is 0 Å². The van der Waals surface area contributed by atoms with Gasteiger partial charge in [-0.1, -0.05) is 0 Å². The first-order chi connectivity index (χ1) is 8.70. The van der Waals surface area contributed by atoms with E-state index in [1.807, 2.05) is 25.1 Å². The van der Waals surface area contributed by atoms with Crippen molar-refractivity contribution in [3.05, 3.63) is 53.7 Å². The van der Waals surface area contributed by atoms with Crippen LogP contribution in [0.3, 0.4) is 0 Å². The summed E-state index contributed by atoms with van der Waals surface area (Å²) in [6, 6.07) is 8.40. The third-order valence-electron chi connectivity index (χ3n) is 2.85. The highest BCUT2D eigenvalue weighted by Crippen LogP contribution is 2.18. The van der Waals surface area contributed by atoms with Gasteiger partial charge in [-0.15, -0.1) is 0 Å². The Morgan fingerprint density at radius 2 is 1.94 bits per heavy atom. The lowest BCUT2D eigenvalue weighted by Crippen LogP contribution is -2.17. The van der Waals surface area contributed by atoms with E-state index in [1.165, 1.54) is 12.1 Å². The summed E-state index contributed by atoms with van der Waals surface area (Å²) < 4.78 is 18.3. The lowest BCUT2D eigenvalue weighted by atomic mass is 10.2. The maximum absolute atomic E-state index is 12.8. The van der Waals surface area contributed by atoms with Crippen molar-refractivity contribution < 1.29 is 8.81 Å². The molecule has 0 aliphatic heterocycles. The molecule has 3 nitrogen and oxygen atoms in total. The van der Waals surface area contributed by atoms with Gasteiger partial charge in [0.05, 0.1) is 12.8 Å². The Hall–Kier alpha value is -1.81. The molecule has 18 heavy (non-hydrogen) atoms.